The van der Waals surface area contributed by atoms with Crippen molar-refractivity contribution >= 4 is 0 Å². The van der Waals surface area contributed by atoms with Crippen molar-refractivity contribution in [3.05, 3.63) is 35.1 Å². The topological polar surface area (TPSA) is 58.7 Å². The van der Waals surface area contributed by atoms with Gasteiger partial charge >= 0.3 is 0 Å². The maximum atomic E-state index is 13.2. The average molecular weight is 268 g/mol. The van der Waals surface area contributed by atoms with Crippen molar-refractivity contribution in [3.63, 3.8) is 0 Å². The third kappa shape index (κ3) is 3.51. The van der Waals surface area contributed by atoms with Crippen molar-refractivity contribution in [1.82, 2.24) is 4.90 Å². The summed E-state index contributed by atoms with van der Waals surface area (Å²) in [5, 5.41) is 9.18. The first-order valence-corrected chi connectivity index (χ1v) is 6.58. The number of aliphatic hydroxyl groups is 1. The molecule has 2 unspecified atom stereocenters. The SMILES string of the molecule is CC1COC(CO)CN1Cc1ccc(F)cc1CN. The Labute approximate surface area is 113 Å². The molecule has 1 aromatic carbocycles. The smallest absolute Gasteiger partial charge is 0.123 e. The van der Waals surface area contributed by atoms with Gasteiger partial charge in [0.05, 0.1) is 19.3 Å². The van der Waals surface area contributed by atoms with Crippen molar-refractivity contribution in [2.75, 3.05) is 19.8 Å². The van der Waals surface area contributed by atoms with Crippen molar-refractivity contribution in [2.45, 2.75) is 32.2 Å². The van der Waals surface area contributed by atoms with Crippen LogP contribution >= 0.6 is 0 Å². The van der Waals surface area contributed by atoms with Crippen molar-refractivity contribution in [2.24, 2.45) is 5.73 Å². The largest absolute Gasteiger partial charge is 0.394 e. The highest BCUT2D eigenvalue weighted by Crippen LogP contribution is 2.18. The first-order chi connectivity index (χ1) is 9.13. The number of nitrogens with zero attached hydrogens (tertiary/aromatic N) is 1. The van der Waals surface area contributed by atoms with E-state index in [0.717, 1.165) is 11.1 Å². The Morgan fingerprint density at radius 2 is 2.26 bits per heavy atom. The molecule has 2 rings (SSSR count). The van der Waals surface area contributed by atoms with Gasteiger partial charge in [0, 0.05) is 25.7 Å². The summed E-state index contributed by atoms with van der Waals surface area (Å²) >= 11 is 0. The second-order valence-electron chi connectivity index (χ2n) is 5.03. The maximum absolute atomic E-state index is 13.2. The highest BCUT2D eigenvalue weighted by Gasteiger charge is 2.25. The number of aliphatic hydroxyl groups excluding tert-OH is 1. The third-order valence-electron chi connectivity index (χ3n) is 3.60. The molecular weight excluding hydrogens is 247 g/mol. The quantitative estimate of drug-likeness (QED) is 0.850. The summed E-state index contributed by atoms with van der Waals surface area (Å²) in [5.41, 5.74) is 7.53. The first kappa shape index (κ1) is 14.4. The summed E-state index contributed by atoms with van der Waals surface area (Å²) in [5.74, 6) is -0.257. The lowest BCUT2D eigenvalue weighted by atomic mass is 10.1. The minimum atomic E-state index is -0.257. The van der Waals surface area contributed by atoms with E-state index in [9.17, 15) is 9.50 Å². The lowest BCUT2D eigenvalue weighted by Crippen LogP contribution is -2.48. The maximum Gasteiger partial charge on any atom is 0.123 e. The molecule has 0 bridgehead atoms. The number of halogens is 1. The first-order valence-electron chi connectivity index (χ1n) is 6.58. The molecule has 19 heavy (non-hydrogen) atoms. The fraction of sp³-hybridized carbons (Fsp3) is 0.571. The fourth-order valence-electron chi connectivity index (χ4n) is 2.36. The molecule has 106 valence electrons. The van der Waals surface area contributed by atoms with Gasteiger partial charge < -0.3 is 15.6 Å². The van der Waals surface area contributed by atoms with Gasteiger partial charge in [-0.1, -0.05) is 6.07 Å². The van der Waals surface area contributed by atoms with Crippen LogP contribution in [0.4, 0.5) is 4.39 Å². The van der Waals surface area contributed by atoms with E-state index in [2.05, 4.69) is 11.8 Å². The van der Waals surface area contributed by atoms with Gasteiger partial charge in [0.2, 0.25) is 0 Å². The average Bonchev–Trinajstić information content (AvgIpc) is 2.43. The normalized spacial score (nSPS) is 24.6. The molecule has 4 nitrogen and oxygen atoms in total. The van der Waals surface area contributed by atoms with E-state index >= 15 is 0 Å². The zero-order valence-electron chi connectivity index (χ0n) is 11.2. The molecule has 3 N–H and O–H groups in total. The van der Waals surface area contributed by atoms with Gasteiger partial charge in [-0.3, -0.25) is 4.90 Å². The number of nitrogens with two attached hydrogens (primary N) is 1. The molecule has 0 saturated carbocycles. The second-order valence-corrected chi connectivity index (χ2v) is 5.03. The Hall–Kier alpha value is -1.01. The van der Waals surface area contributed by atoms with Crippen LogP contribution in [0.5, 0.6) is 0 Å². The highest BCUT2D eigenvalue weighted by molar-refractivity contribution is 5.27. The van der Waals surface area contributed by atoms with Crippen molar-refractivity contribution in [1.29, 1.82) is 0 Å². The van der Waals surface area contributed by atoms with E-state index < -0.39 is 0 Å². The van der Waals surface area contributed by atoms with Crippen LogP contribution in [0.3, 0.4) is 0 Å². The van der Waals surface area contributed by atoms with Crippen LogP contribution in [0.2, 0.25) is 0 Å². The predicted octanol–water partition coefficient (Wildman–Crippen LogP) is 0.866. The lowest BCUT2D eigenvalue weighted by molar-refractivity contribution is -0.0806. The van der Waals surface area contributed by atoms with E-state index in [1.54, 1.807) is 6.07 Å². The molecule has 1 aliphatic rings. The third-order valence-corrected chi connectivity index (χ3v) is 3.60. The number of hydrogen-bond acceptors (Lipinski definition) is 4. The van der Waals surface area contributed by atoms with Crippen LogP contribution in [0.1, 0.15) is 18.1 Å². The van der Waals surface area contributed by atoms with Crippen LogP contribution in [0.25, 0.3) is 0 Å². The fourth-order valence-corrected chi connectivity index (χ4v) is 2.36. The number of hydrogen-bond donors (Lipinski definition) is 2. The van der Waals surface area contributed by atoms with E-state index in [0.29, 0.717) is 26.2 Å². The summed E-state index contributed by atoms with van der Waals surface area (Å²) in [6.45, 7) is 4.42. The molecule has 0 spiro atoms. The Kier molecular flexibility index (Phi) is 4.87. The number of ether oxygens (including phenoxy) is 1. The Morgan fingerprint density at radius 1 is 1.47 bits per heavy atom. The minimum absolute atomic E-state index is 0.0242. The van der Waals surface area contributed by atoms with Crippen LogP contribution in [-0.4, -0.2) is 41.9 Å². The summed E-state index contributed by atoms with van der Waals surface area (Å²) in [6.07, 6.45) is -0.141. The molecule has 1 saturated heterocycles. The van der Waals surface area contributed by atoms with E-state index in [1.165, 1.54) is 12.1 Å². The van der Waals surface area contributed by atoms with Crippen LogP contribution in [-0.2, 0) is 17.8 Å². The van der Waals surface area contributed by atoms with Gasteiger partial charge in [-0.15, -0.1) is 0 Å². The summed E-state index contributed by atoms with van der Waals surface area (Å²) < 4.78 is 18.7. The number of morpholine rings is 1. The zero-order chi connectivity index (χ0) is 13.8. The van der Waals surface area contributed by atoms with Gasteiger partial charge in [0.25, 0.3) is 0 Å². The van der Waals surface area contributed by atoms with Crippen molar-refractivity contribution < 1.29 is 14.2 Å². The summed E-state index contributed by atoms with van der Waals surface area (Å²) in [6, 6.07) is 5.01. The zero-order valence-corrected chi connectivity index (χ0v) is 11.2. The molecule has 5 heteroatoms. The van der Waals surface area contributed by atoms with Crippen molar-refractivity contribution in [3.8, 4) is 0 Å². The van der Waals surface area contributed by atoms with E-state index in [4.69, 9.17) is 10.5 Å². The van der Waals surface area contributed by atoms with E-state index in [-0.39, 0.29) is 24.6 Å². The molecule has 1 fully saturated rings. The predicted molar refractivity (Wildman–Crippen MR) is 71.0 cm³/mol. The Balaban J connectivity index is 2.11. The van der Waals surface area contributed by atoms with Gasteiger partial charge in [-0.25, -0.2) is 4.39 Å². The van der Waals surface area contributed by atoms with Crippen LogP contribution < -0.4 is 5.73 Å². The molecular formula is C14H21FN2O2. The number of benzene rings is 1. The van der Waals surface area contributed by atoms with E-state index in [1.807, 2.05) is 0 Å². The Morgan fingerprint density at radius 3 is 2.95 bits per heavy atom. The summed E-state index contributed by atoms with van der Waals surface area (Å²) in [4.78, 5) is 2.23. The van der Waals surface area contributed by atoms with Crippen LogP contribution in [0, 0.1) is 5.82 Å². The minimum Gasteiger partial charge on any atom is -0.394 e. The molecule has 0 amide bonds. The van der Waals surface area contributed by atoms with Gasteiger partial charge in [0.15, 0.2) is 0 Å². The highest BCUT2D eigenvalue weighted by atomic mass is 19.1. The molecule has 1 heterocycles. The van der Waals surface area contributed by atoms with Gasteiger partial charge in [-0.2, -0.15) is 0 Å². The monoisotopic (exact) mass is 268 g/mol. The molecule has 0 radical (unpaired) electrons. The molecule has 1 aromatic rings. The Bertz CT molecular complexity index is 428. The standard InChI is InChI=1S/C14H21FN2O2/c1-10-9-19-14(8-18)7-17(10)6-11-2-3-13(15)4-12(11)5-16/h2-4,10,14,18H,5-9,16H2,1H3. The van der Waals surface area contributed by atoms with Gasteiger partial charge in [-0.05, 0) is 30.2 Å². The molecule has 1 aliphatic heterocycles. The molecule has 0 aliphatic carbocycles. The van der Waals surface area contributed by atoms with Crippen LogP contribution in [0.15, 0.2) is 18.2 Å². The molecule has 0 aromatic heterocycles. The van der Waals surface area contributed by atoms with Gasteiger partial charge in [0.1, 0.15) is 5.82 Å². The number of rotatable bonds is 4. The summed E-state index contributed by atoms with van der Waals surface area (Å²) in [7, 11) is 0. The second kappa shape index (κ2) is 6.43. The lowest BCUT2D eigenvalue weighted by Gasteiger charge is -2.37. The molecule has 2 atom stereocenters.